The Morgan fingerprint density at radius 1 is 1.27 bits per heavy atom. The van der Waals surface area contributed by atoms with E-state index in [9.17, 15) is 4.79 Å². The number of hydrazone groups is 1. The number of rotatable bonds is 6. The van der Waals surface area contributed by atoms with Gasteiger partial charge in [-0.15, -0.1) is 10.2 Å². The van der Waals surface area contributed by atoms with Crippen molar-refractivity contribution in [2.45, 2.75) is 39.5 Å². The molecule has 0 bridgehead atoms. The van der Waals surface area contributed by atoms with E-state index in [1.807, 2.05) is 27.7 Å². The number of hydrogen-bond acceptors (Lipinski definition) is 6. The summed E-state index contributed by atoms with van der Waals surface area (Å²) in [6.45, 7) is 8.19. The van der Waals surface area contributed by atoms with Gasteiger partial charge < -0.3 is 4.74 Å². The van der Waals surface area contributed by atoms with E-state index in [1.54, 1.807) is 12.1 Å². The van der Waals surface area contributed by atoms with Gasteiger partial charge in [-0.25, -0.2) is 5.43 Å². The lowest BCUT2D eigenvalue weighted by Crippen LogP contribution is -2.28. The average Bonchev–Trinajstić information content (AvgIpc) is 2.53. The Morgan fingerprint density at radius 3 is 2.46 bits per heavy atom. The molecule has 0 aliphatic heterocycles. The van der Waals surface area contributed by atoms with Crippen molar-refractivity contribution in [3.8, 4) is 5.75 Å². The molecule has 0 spiro atoms. The molecule has 0 saturated carbocycles. The van der Waals surface area contributed by atoms with Crippen LogP contribution in [0, 0.1) is 0 Å². The average molecular weight is 398 g/mol. The maximum absolute atomic E-state index is 12.0. The van der Waals surface area contributed by atoms with E-state index in [4.69, 9.17) is 27.9 Å². The zero-order chi connectivity index (χ0) is 19.3. The molecule has 2 rings (SSSR count). The van der Waals surface area contributed by atoms with Crippen LogP contribution in [0.15, 0.2) is 22.0 Å². The smallest absolute Gasteiger partial charge is 0.274 e. The SMILES string of the molecule is CCCOc1c(Cl)cc(/C=N/Nc2nnc(C(C)(C)C)c(=O)[nH]2)cc1Cl. The van der Waals surface area contributed by atoms with E-state index >= 15 is 0 Å². The number of halogens is 2. The van der Waals surface area contributed by atoms with Crippen molar-refractivity contribution in [1.82, 2.24) is 15.2 Å². The Hall–Kier alpha value is -2.12. The second kappa shape index (κ2) is 8.51. The van der Waals surface area contributed by atoms with Gasteiger partial charge in [0.2, 0.25) is 5.95 Å². The Balaban J connectivity index is 2.11. The number of aromatic nitrogens is 3. The Labute approximate surface area is 161 Å². The highest BCUT2D eigenvalue weighted by Gasteiger charge is 2.20. The van der Waals surface area contributed by atoms with Crippen LogP contribution < -0.4 is 15.7 Å². The number of ether oxygens (including phenoxy) is 1. The van der Waals surface area contributed by atoms with Gasteiger partial charge >= 0.3 is 0 Å². The zero-order valence-electron chi connectivity index (χ0n) is 15.1. The predicted octanol–water partition coefficient (Wildman–Crippen LogP) is 4.00. The maximum atomic E-state index is 12.0. The molecule has 0 atom stereocenters. The number of hydrogen-bond donors (Lipinski definition) is 2. The van der Waals surface area contributed by atoms with E-state index in [0.29, 0.717) is 33.7 Å². The first-order chi connectivity index (χ1) is 12.2. The topological polar surface area (TPSA) is 92.3 Å². The number of benzene rings is 1. The molecule has 7 nitrogen and oxygen atoms in total. The van der Waals surface area contributed by atoms with Crippen LogP contribution in [-0.4, -0.2) is 28.0 Å². The largest absolute Gasteiger partial charge is 0.490 e. The first-order valence-electron chi connectivity index (χ1n) is 8.10. The molecule has 0 amide bonds. The third-order valence-electron chi connectivity index (χ3n) is 3.26. The van der Waals surface area contributed by atoms with Crippen LogP contribution >= 0.6 is 23.2 Å². The van der Waals surface area contributed by atoms with Crippen molar-refractivity contribution in [3.05, 3.63) is 43.8 Å². The first kappa shape index (κ1) is 20.2. The molecule has 9 heteroatoms. The summed E-state index contributed by atoms with van der Waals surface area (Å²) in [6, 6.07) is 3.36. The summed E-state index contributed by atoms with van der Waals surface area (Å²) < 4.78 is 5.52. The van der Waals surface area contributed by atoms with Gasteiger partial charge in [0, 0.05) is 5.41 Å². The summed E-state index contributed by atoms with van der Waals surface area (Å²) in [5.74, 6) is 0.590. The van der Waals surface area contributed by atoms with E-state index in [0.717, 1.165) is 6.42 Å². The molecule has 0 aliphatic carbocycles. The molecule has 26 heavy (non-hydrogen) atoms. The van der Waals surface area contributed by atoms with Gasteiger partial charge in [0.15, 0.2) is 5.75 Å². The van der Waals surface area contributed by atoms with Crippen molar-refractivity contribution in [3.63, 3.8) is 0 Å². The van der Waals surface area contributed by atoms with Crippen LogP contribution in [0.3, 0.4) is 0 Å². The van der Waals surface area contributed by atoms with Gasteiger partial charge in [0.25, 0.3) is 5.56 Å². The number of anilines is 1. The van der Waals surface area contributed by atoms with Crippen molar-refractivity contribution < 1.29 is 4.74 Å². The third kappa shape index (κ3) is 5.19. The molecule has 0 radical (unpaired) electrons. The summed E-state index contributed by atoms with van der Waals surface area (Å²) in [7, 11) is 0. The monoisotopic (exact) mass is 397 g/mol. The molecule has 140 valence electrons. The molecule has 1 heterocycles. The number of nitrogens with zero attached hydrogens (tertiary/aromatic N) is 3. The van der Waals surface area contributed by atoms with Crippen LogP contribution in [-0.2, 0) is 5.41 Å². The fourth-order valence-electron chi connectivity index (χ4n) is 2.04. The summed E-state index contributed by atoms with van der Waals surface area (Å²) in [6.07, 6.45) is 2.35. The van der Waals surface area contributed by atoms with E-state index < -0.39 is 5.41 Å². The number of aromatic amines is 1. The second-order valence-electron chi connectivity index (χ2n) is 6.63. The fourth-order valence-corrected chi connectivity index (χ4v) is 2.66. The van der Waals surface area contributed by atoms with Gasteiger partial charge in [0.1, 0.15) is 5.69 Å². The second-order valence-corrected chi connectivity index (χ2v) is 7.45. The lowest BCUT2D eigenvalue weighted by molar-refractivity contribution is 0.318. The zero-order valence-corrected chi connectivity index (χ0v) is 16.6. The molecule has 2 N–H and O–H groups in total. The molecule has 0 aliphatic rings. The third-order valence-corrected chi connectivity index (χ3v) is 3.82. The molecular weight excluding hydrogens is 377 g/mol. The van der Waals surface area contributed by atoms with Crippen LogP contribution in [0.25, 0.3) is 0 Å². The molecule has 0 unspecified atom stereocenters. The molecule has 1 aromatic carbocycles. The summed E-state index contributed by atoms with van der Waals surface area (Å²) in [5.41, 5.74) is 2.94. The van der Waals surface area contributed by atoms with Gasteiger partial charge in [-0.05, 0) is 24.1 Å². The predicted molar refractivity (Wildman–Crippen MR) is 105 cm³/mol. The molecule has 0 saturated heterocycles. The number of nitrogens with one attached hydrogen (secondary N) is 2. The highest BCUT2D eigenvalue weighted by atomic mass is 35.5. The van der Waals surface area contributed by atoms with Gasteiger partial charge in [-0.2, -0.15) is 5.10 Å². The molecule has 1 aromatic heterocycles. The Morgan fingerprint density at radius 2 is 1.92 bits per heavy atom. The normalized spacial score (nSPS) is 11.8. The van der Waals surface area contributed by atoms with Gasteiger partial charge in [-0.3, -0.25) is 9.78 Å². The van der Waals surface area contributed by atoms with Crippen LogP contribution in [0.5, 0.6) is 5.75 Å². The summed E-state index contributed by atoms with van der Waals surface area (Å²) >= 11 is 12.4. The van der Waals surface area contributed by atoms with Gasteiger partial charge in [0.05, 0.1) is 22.9 Å². The maximum Gasteiger partial charge on any atom is 0.274 e. The van der Waals surface area contributed by atoms with Crippen molar-refractivity contribution in [2.75, 3.05) is 12.0 Å². The lowest BCUT2D eigenvalue weighted by atomic mass is 9.93. The highest BCUT2D eigenvalue weighted by Crippen LogP contribution is 2.33. The van der Waals surface area contributed by atoms with E-state index in [2.05, 4.69) is 25.7 Å². The van der Waals surface area contributed by atoms with E-state index in [1.165, 1.54) is 6.21 Å². The van der Waals surface area contributed by atoms with Gasteiger partial charge in [-0.1, -0.05) is 50.9 Å². The first-order valence-corrected chi connectivity index (χ1v) is 8.86. The van der Waals surface area contributed by atoms with Crippen molar-refractivity contribution >= 4 is 35.4 Å². The lowest BCUT2D eigenvalue weighted by Gasteiger charge is -2.15. The van der Waals surface area contributed by atoms with Crippen LogP contribution in [0.2, 0.25) is 10.0 Å². The quantitative estimate of drug-likeness (QED) is 0.567. The minimum Gasteiger partial charge on any atom is -0.490 e. The fraction of sp³-hybridized carbons (Fsp3) is 0.412. The number of H-pyrrole nitrogens is 1. The van der Waals surface area contributed by atoms with Crippen LogP contribution in [0.4, 0.5) is 5.95 Å². The Kier molecular flexibility index (Phi) is 6.61. The standard InChI is InChI=1S/C17H21Cl2N5O2/c1-5-6-26-13-11(18)7-10(8-12(13)19)9-20-23-16-21-15(25)14(22-24-16)17(2,3)4/h7-9H,5-6H2,1-4H3,(H2,21,23,24,25)/b20-9+. The minimum atomic E-state index is -0.391. The van der Waals surface area contributed by atoms with E-state index in [-0.39, 0.29) is 11.5 Å². The van der Waals surface area contributed by atoms with Crippen molar-refractivity contribution in [2.24, 2.45) is 5.10 Å². The summed E-state index contributed by atoms with van der Waals surface area (Å²) in [4.78, 5) is 14.6. The highest BCUT2D eigenvalue weighted by molar-refractivity contribution is 6.37. The molecule has 0 fully saturated rings. The van der Waals surface area contributed by atoms with Crippen LogP contribution in [0.1, 0.15) is 45.4 Å². The Bertz CT molecular complexity index is 836. The van der Waals surface area contributed by atoms with Crippen molar-refractivity contribution in [1.29, 1.82) is 0 Å². The minimum absolute atomic E-state index is 0.138. The molecular formula is C17H21Cl2N5O2. The summed E-state index contributed by atoms with van der Waals surface area (Å²) in [5, 5.41) is 12.7. The molecule has 2 aromatic rings.